The molecule has 2 heterocycles. The highest BCUT2D eigenvalue weighted by Crippen LogP contribution is 2.31. The van der Waals surface area contributed by atoms with Crippen molar-refractivity contribution in [3.05, 3.63) is 87.9 Å². The smallest absolute Gasteiger partial charge is 0.253 e. The van der Waals surface area contributed by atoms with Crippen LogP contribution in [-0.4, -0.2) is 11.6 Å². The van der Waals surface area contributed by atoms with Crippen LogP contribution >= 0.6 is 11.3 Å². The number of nitrogens with zero attached hydrogens (tertiary/aromatic N) is 1. The van der Waals surface area contributed by atoms with E-state index >= 15 is 0 Å². The molecule has 1 aromatic heterocycles. The lowest BCUT2D eigenvalue weighted by molar-refractivity contribution is -0.117. The van der Waals surface area contributed by atoms with Crippen LogP contribution in [0, 0.1) is 5.82 Å². The molecule has 3 aromatic rings. The third-order valence-corrected chi connectivity index (χ3v) is 4.64. The lowest BCUT2D eigenvalue weighted by atomic mass is 10.00. The van der Waals surface area contributed by atoms with E-state index in [2.05, 4.69) is 10.3 Å². The molecule has 24 heavy (non-hydrogen) atoms. The number of benzodiazepines with no additional fused rings is 1. The fraction of sp³-hybridized carbons (Fsp3) is 0.0526. The van der Waals surface area contributed by atoms with Crippen LogP contribution < -0.4 is 5.32 Å². The van der Waals surface area contributed by atoms with Crippen LogP contribution in [-0.2, 0) is 4.79 Å². The zero-order valence-corrected chi connectivity index (χ0v) is 13.4. The van der Waals surface area contributed by atoms with Crippen LogP contribution in [0.1, 0.15) is 22.7 Å². The Morgan fingerprint density at radius 3 is 2.50 bits per heavy atom. The number of carbonyl (C=O) groups is 1. The van der Waals surface area contributed by atoms with Gasteiger partial charge in [0.15, 0.2) is 6.04 Å². The number of para-hydroxylation sites is 1. The van der Waals surface area contributed by atoms with Crippen LogP contribution in [0.25, 0.3) is 0 Å². The minimum atomic E-state index is -0.696. The lowest BCUT2D eigenvalue weighted by Gasteiger charge is -2.10. The van der Waals surface area contributed by atoms with Crippen molar-refractivity contribution in [1.82, 2.24) is 0 Å². The van der Waals surface area contributed by atoms with Crippen LogP contribution in [0.5, 0.6) is 0 Å². The molecule has 0 saturated carbocycles. The predicted molar refractivity (Wildman–Crippen MR) is 94.2 cm³/mol. The van der Waals surface area contributed by atoms with Crippen molar-refractivity contribution in [3.63, 3.8) is 0 Å². The summed E-state index contributed by atoms with van der Waals surface area (Å²) in [5, 5.41) is 6.70. The number of nitrogens with one attached hydrogen (secondary N) is 1. The van der Waals surface area contributed by atoms with Gasteiger partial charge >= 0.3 is 0 Å². The molecule has 0 radical (unpaired) electrons. The summed E-state index contributed by atoms with van der Waals surface area (Å²) in [6.45, 7) is 0. The van der Waals surface area contributed by atoms with Gasteiger partial charge in [-0.15, -0.1) is 0 Å². The van der Waals surface area contributed by atoms with Crippen LogP contribution in [0.4, 0.5) is 10.1 Å². The first-order chi connectivity index (χ1) is 11.7. The van der Waals surface area contributed by atoms with E-state index in [0.717, 1.165) is 5.56 Å². The Balaban J connectivity index is 1.96. The van der Waals surface area contributed by atoms with Crippen molar-refractivity contribution in [2.75, 3.05) is 5.32 Å². The number of hydrogen-bond acceptors (Lipinski definition) is 3. The first-order valence-corrected chi connectivity index (χ1v) is 8.43. The summed E-state index contributed by atoms with van der Waals surface area (Å²) in [7, 11) is 0. The summed E-state index contributed by atoms with van der Waals surface area (Å²) in [5.74, 6) is -0.573. The molecule has 0 aliphatic carbocycles. The molecule has 1 amide bonds. The van der Waals surface area contributed by atoms with E-state index in [1.807, 2.05) is 35.0 Å². The van der Waals surface area contributed by atoms with Crippen molar-refractivity contribution >= 4 is 28.6 Å². The summed E-state index contributed by atoms with van der Waals surface area (Å²) in [6.07, 6.45) is 0. The summed E-state index contributed by atoms with van der Waals surface area (Å²) in [6, 6.07) is 15.0. The maximum Gasteiger partial charge on any atom is 0.253 e. The molecule has 0 saturated heterocycles. The predicted octanol–water partition coefficient (Wildman–Crippen LogP) is 4.42. The second kappa shape index (κ2) is 6.02. The molecule has 0 fully saturated rings. The van der Waals surface area contributed by atoms with Crippen molar-refractivity contribution in [2.45, 2.75) is 6.04 Å². The van der Waals surface area contributed by atoms with Gasteiger partial charge in [-0.2, -0.15) is 11.3 Å². The summed E-state index contributed by atoms with van der Waals surface area (Å²) < 4.78 is 14.4. The van der Waals surface area contributed by atoms with E-state index in [1.165, 1.54) is 17.4 Å². The first kappa shape index (κ1) is 14.8. The molecule has 1 unspecified atom stereocenters. The van der Waals surface area contributed by atoms with Gasteiger partial charge in [-0.1, -0.05) is 30.3 Å². The minimum absolute atomic E-state index is 0.216. The van der Waals surface area contributed by atoms with Crippen molar-refractivity contribution < 1.29 is 9.18 Å². The Bertz CT molecular complexity index is 934. The van der Waals surface area contributed by atoms with Gasteiger partial charge in [0, 0.05) is 11.1 Å². The van der Waals surface area contributed by atoms with Gasteiger partial charge in [0.1, 0.15) is 5.82 Å². The average Bonchev–Trinajstić information content (AvgIpc) is 3.07. The van der Waals surface area contributed by atoms with Gasteiger partial charge in [0.2, 0.25) is 0 Å². The molecule has 1 atom stereocenters. The van der Waals surface area contributed by atoms with Gasteiger partial charge in [-0.05, 0) is 40.6 Å². The number of aliphatic imine (C=N–C) groups is 1. The van der Waals surface area contributed by atoms with Gasteiger partial charge in [0.25, 0.3) is 5.91 Å². The number of carbonyl (C=O) groups excluding carboxylic acids is 1. The molecule has 2 aromatic carbocycles. The second-order valence-corrected chi connectivity index (χ2v) is 6.23. The topological polar surface area (TPSA) is 41.5 Å². The number of halogens is 1. The minimum Gasteiger partial charge on any atom is -0.323 e. The molecule has 1 aliphatic heterocycles. The summed E-state index contributed by atoms with van der Waals surface area (Å²) in [4.78, 5) is 17.3. The second-order valence-electron chi connectivity index (χ2n) is 5.45. The van der Waals surface area contributed by atoms with E-state index in [4.69, 9.17) is 0 Å². The fourth-order valence-corrected chi connectivity index (χ4v) is 3.46. The Morgan fingerprint density at radius 2 is 1.75 bits per heavy atom. The highest BCUT2D eigenvalue weighted by molar-refractivity contribution is 7.08. The Morgan fingerprint density at radius 1 is 1.00 bits per heavy atom. The average molecular weight is 336 g/mol. The molecule has 0 bridgehead atoms. The van der Waals surface area contributed by atoms with Crippen molar-refractivity contribution in [3.8, 4) is 0 Å². The molecule has 4 rings (SSSR count). The third kappa shape index (κ3) is 2.53. The molecule has 5 heteroatoms. The third-order valence-electron chi connectivity index (χ3n) is 3.93. The van der Waals surface area contributed by atoms with Crippen LogP contribution in [0.3, 0.4) is 0 Å². The van der Waals surface area contributed by atoms with E-state index in [1.54, 1.807) is 24.3 Å². The Kier molecular flexibility index (Phi) is 3.70. The van der Waals surface area contributed by atoms with Gasteiger partial charge < -0.3 is 5.32 Å². The number of rotatable bonds is 2. The number of fused-ring (bicyclic) bond motifs is 1. The van der Waals surface area contributed by atoms with E-state index in [-0.39, 0.29) is 11.7 Å². The van der Waals surface area contributed by atoms with Gasteiger partial charge in [0.05, 0.1) is 11.4 Å². The summed E-state index contributed by atoms with van der Waals surface area (Å²) >= 11 is 1.50. The highest BCUT2D eigenvalue weighted by atomic mass is 32.1. The molecule has 1 aliphatic rings. The molecule has 118 valence electrons. The van der Waals surface area contributed by atoms with Gasteiger partial charge in [-0.3, -0.25) is 9.79 Å². The molecule has 3 nitrogen and oxygen atoms in total. The maximum atomic E-state index is 14.4. The first-order valence-electron chi connectivity index (χ1n) is 7.49. The maximum absolute atomic E-state index is 14.4. The SMILES string of the molecule is O=C1Nc2ccccc2C(c2ccccc2F)=NC1c1ccsc1. The molecule has 0 spiro atoms. The molecule has 1 N–H and O–H groups in total. The number of amides is 1. The molecular formula is C19H13FN2OS. The van der Waals surface area contributed by atoms with Crippen molar-refractivity contribution in [1.29, 1.82) is 0 Å². The fourth-order valence-electron chi connectivity index (χ4n) is 2.78. The Hall–Kier alpha value is -2.79. The quantitative estimate of drug-likeness (QED) is 0.739. The largest absolute Gasteiger partial charge is 0.323 e. The van der Waals surface area contributed by atoms with E-state index in [0.29, 0.717) is 22.5 Å². The number of anilines is 1. The number of thiophene rings is 1. The van der Waals surface area contributed by atoms with Gasteiger partial charge in [-0.25, -0.2) is 4.39 Å². The Labute approximate surface area is 142 Å². The van der Waals surface area contributed by atoms with Crippen LogP contribution in [0.2, 0.25) is 0 Å². The lowest BCUT2D eigenvalue weighted by Crippen LogP contribution is -2.18. The normalized spacial score (nSPS) is 16.8. The standard InChI is InChI=1S/C19H13FN2OS/c20-15-7-3-1-5-13(15)18-14-6-2-4-8-16(14)21-19(23)17(22-18)12-9-10-24-11-12/h1-11,17H,(H,21,23). The van der Waals surface area contributed by atoms with Crippen LogP contribution in [0.15, 0.2) is 70.3 Å². The number of benzene rings is 2. The molecular weight excluding hydrogens is 323 g/mol. The number of hydrogen-bond donors (Lipinski definition) is 1. The van der Waals surface area contributed by atoms with E-state index in [9.17, 15) is 9.18 Å². The van der Waals surface area contributed by atoms with E-state index < -0.39 is 6.04 Å². The highest BCUT2D eigenvalue weighted by Gasteiger charge is 2.28. The monoisotopic (exact) mass is 336 g/mol. The zero-order valence-electron chi connectivity index (χ0n) is 12.6. The summed E-state index contributed by atoms with van der Waals surface area (Å²) in [5.41, 5.74) is 3.04. The van der Waals surface area contributed by atoms with Crippen molar-refractivity contribution in [2.24, 2.45) is 4.99 Å². The zero-order chi connectivity index (χ0) is 16.5.